The zero-order chi connectivity index (χ0) is 22.5. The summed E-state index contributed by atoms with van der Waals surface area (Å²) in [5.41, 5.74) is 8.46. The van der Waals surface area contributed by atoms with Gasteiger partial charge in [-0.1, -0.05) is 43.3 Å². The molecule has 3 aromatic rings. The van der Waals surface area contributed by atoms with E-state index in [1.807, 2.05) is 37.3 Å². The molecule has 0 amide bonds. The number of allylic oxidation sites excluding steroid dienone is 1. The third-order valence-corrected chi connectivity index (χ3v) is 5.07. The van der Waals surface area contributed by atoms with Crippen molar-refractivity contribution in [1.29, 1.82) is 5.26 Å². The van der Waals surface area contributed by atoms with Crippen LogP contribution in [0, 0.1) is 11.3 Å². The van der Waals surface area contributed by atoms with Crippen LogP contribution in [0.25, 0.3) is 0 Å². The molecule has 1 atom stereocenters. The van der Waals surface area contributed by atoms with Gasteiger partial charge in [-0.05, 0) is 42.3 Å². The van der Waals surface area contributed by atoms with Crippen LogP contribution in [0.1, 0.15) is 40.7 Å². The zero-order valence-corrected chi connectivity index (χ0v) is 17.6. The lowest BCUT2D eigenvalue weighted by molar-refractivity contribution is 0.0734. The van der Waals surface area contributed by atoms with Crippen molar-refractivity contribution in [2.75, 3.05) is 6.61 Å². The van der Waals surface area contributed by atoms with Gasteiger partial charge in [-0.15, -0.1) is 0 Å². The van der Waals surface area contributed by atoms with E-state index in [-0.39, 0.29) is 5.88 Å². The zero-order valence-electron chi connectivity index (χ0n) is 17.6. The molecule has 1 heterocycles. The van der Waals surface area contributed by atoms with Gasteiger partial charge in [-0.2, -0.15) is 5.26 Å². The number of esters is 1. The topological polar surface area (TPSA) is 94.6 Å². The van der Waals surface area contributed by atoms with Gasteiger partial charge in [-0.25, -0.2) is 4.79 Å². The molecule has 0 saturated carbocycles. The minimum atomic E-state index is -0.472. The number of nitrogens with two attached hydrogens (primary N) is 1. The molecule has 0 spiro atoms. The minimum Gasteiger partial charge on any atom is -0.494 e. The van der Waals surface area contributed by atoms with Crippen molar-refractivity contribution in [3.05, 3.63) is 101 Å². The molecule has 1 aliphatic heterocycles. The Morgan fingerprint density at radius 1 is 1.06 bits per heavy atom. The standard InChI is InChI=1S/C26H22N2O4/c1-2-13-30-19-10-6-9-18(14-19)24-21-12-11-20(15-23(21)32-25(28)22(24)16-27)31-26(29)17-7-4-3-5-8-17/h3-12,14-15,24H,2,13,28H2,1H3. The second-order valence-corrected chi connectivity index (χ2v) is 7.30. The Hall–Kier alpha value is -4.24. The maximum Gasteiger partial charge on any atom is 0.343 e. The molecule has 2 N–H and O–H groups in total. The van der Waals surface area contributed by atoms with Crippen molar-refractivity contribution in [2.24, 2.45) is 5.73 Å². The highest BCUT2D eigenvalue weighted by Gasteiger charge is 2.31. The molecular formula is C26H22N2O4. The van der Waals surface area contributed by atoms with Crippen molar-refractivity contribution >= 4 is 5.97 Å². The number of fused-ring (bicyclic) bond motifs is 1. The fourth-order valence-corrected chi connectivity index (χ4v) is 3.59. The minimum absolute atomic E-state index is 0.0245. The predicted molar refractivity (Wildman–Crippen MR) is 119 cm³/mol. The Labute approximate surface area is 186 Å². The normalized spacial score (nSPS) is 14.7. The van der Waals surface area contributed by atoms with Gasteiger partial charge in [0, 0.05) is 11.6 Å². The molecule has 160 valence electrons. The summed E-state index contributed by atoms with van der Waals surface area (Å²) >= 11 is 0. The second-order valence-electron chi connectivity index (χ2n) is 7.30. The van der Waals surface area contributed by atoms with Crippen LogP contribution in [0.5, 0.6) is 17.2 Å². The van der Waals surface area contributed by atoms with Gasteiger partial charge in [0.2, 0.25) is 5.88 Å². The first-order valence-corrected chi connectivity index (χ1v) is 10.3. The maximum absolute atomic E-state index is 12.4. The van der Waals surface area contributed by atoms with Crippen LogP contribution >= 0.6 is 0 Å². The molecule has 32 heavy (non-hydrogen) atoms. The fourth-order valence-electron chi connectivity index (χ4n) is 3.59. The van der Waals surface area contributed by atoms with Crippen molar-refractivity contribution in [2.45, 2.75) is 19.3 Å². The van der Waals surface area contributed by atoms with E-state index in [1.54, 1.807) is 42.5 Å². The average molecular weight is 426 g/mol. The SMILES string of the molecule is CCCOc1cccc(C2C(C#N)=C(N)Oc3cc(OC(=O)c4ccccc4)ccc32)c1. The van der Waals surface area contributed by atoms with E-state index in [9.17, 15) is 10.1 Å². The first-order chi connectivity index (χ1) is 15.6. The van der Waals surface area contributed by atoms with E-state index < -0.39 is 11.9 Å². The lowest BCUT2D eigenvalue weighted by Crippen LogP contribution is -2.21. The molecular weight excluding hydrogens is 404 g/mol. The van der Waals surface area contributed by atoms with Crippen LogP contribution in [0.4, 0.5) is 0 Å². The maximum atomic E-state index is 12.4. The highest BCUT2D eigenvalue weighted by molar-refractivity contribution is 5.91. The average Bonchev–Trinajstić information content (AvgIpc) is 2.82. The number of hydrogen-bond donors (Lipinski definition) is 1. The number of ether oxygens (including phenoxy) is 3. The highest BCUT2D eigenvalue weighted by Crippen LogP contribution is 2.44. The summed E-state index contributed by atoms with van der Waals surface area (Å²) in [4.78, 5) is 12.4. The molecule has 4 rings (SSSR count). The molecule has 0 saturated heterocycles. The summed E-state index contributed by atoms with van der Waals surface area (Å²) in [7, 11) is 0. The van der Waals surface area contributed by atoms with Crippen molar-refractivity contribution in [3.8, 4) is 23.3 Å². The van der Waals surface area contributed by atoms with Crippen LogP contribution in [0.15, 0.2) is 84.3 Å². The summed E-state index contributed by atoms with van der Waals surface area (Å²) in [5, 5.41) is 9.76. The predicted octanol–water partition coefficient (Wildman–Crippen LogP) is 4.91. The number of nitrogens with zero attached hydrogens (tertiary/aromatic N) is 1. The lowest BCUT2D eigenvalue weighted by atomic mass is 9.83. The summed E-state index contributed by atoms with van der Waals surface area (Å²) in [6, 6.07) is 23.6. The smallest absolute Gasteiger partial charge is 0.343 e. The van der Waals surface area contributed by atoms with E-state index in [2.05, 4.69) is 6.07 Å². The van der Waals surface area contributed by atoms with E-state index in [4.69, 9.17) is 19.9 Å². The molecule has 0 aromatic heterocycles. The fraction of sp³-hybridized carbons (Fsp3) is 0.154. The third kappa shape index (κ3) is 4.28. The van der Waals surface area contributed by atoms with E-state index in [1.165, 1.54) is 0 Å². The van der Waals surface area contributed by atoms with Crippen LogP contribution < -0.4 is 19.9 Å². The molecule has 6 nitrogen and oxygen atoms in total. The Morgan fingerprint density at radius 2 is 1.88 bits per heavy atom. The second kappa shape index (κ2) is 9.27. The molecule has 0 bridgehead atoms. The van der Waals surface area contributed by atoms with Gasteiger partial charge >= 0.3 is 5.97 Å². The van der Waals surface area contributed by atoms with Crippen LogP contribution in [0.3, 0.4) is 0 Å². The Kier molecular flexibility index (Phi) is 6.09. The molecule has 0 fully saturated rings. The van der Waals surface area contributed by atoms with Crippen molar-refractivity contribution in [1.82, 2.24) is 0 Å². The van der Waals surface area contributed by atoms with Crippen LogP contribution in [-0.4, -0.2) is 12.6 Å². The highest BCUT2D eigenvalue weighted by atomic mass is 16.5. The quantitative estimate of drug-likeness (QED) is 0.444. The van der Waals surface area contributed by atoms with Gasteiger partial charge in [0.15, 0.2) is 0 Å². The Bertz CT molecular complexity index is 1210. The first kappa shape index (κ1) is 21.0. The van der Waals surface area contributed by atoms with Crippen molar-refractivity contribution < 1.29 is 19.0 Å². The first-order valence-electron chi connectivity index (χ1n) is 10.3. The van der Waals surface area contributed by atoms with Gasteiger partial charge in [-0.3, -0.25) is 0 Å². The van der Waals surface area contributed by atoms with Crippen LogP contribution in [-0.2, 0) is 0 Å². The van der Waals surface area contributed by atoms with E-state index in [0.717, 1.165) is 23.3 Å². The Morgan fingerprint density at radius 3 is 2.62 bits per heavy atom. The summed E-state index contributed by atoms with van der Waals surface area (Å²) in [6.45, 7) is 2.64. The van der Waals surface area contributed by atoms with Gasteiger partial charge in [0.25, 0.3) is 0 Å². The molecule has 3 aromatic carbocycles. The van der Waals surface area contributed by atoms with E-state index >= 15 is 0 Å². The lowest BCUT2D eigenvalue weighted by Gasteiger charge is -2.27. The van der Waals surface area contributed by atoms with E-state index in [0.29, 0.717) is 29.2 Å². The summed E-state index contributed by atoms with van der Waals surface area (Å²) in [6.07, 6.45) is 0.894. The number of rotatable bonds is 6. The summed E-state index contributed by atoms with van der Waals surface area (Å²) < 4.78 is 17.0. The number of nitriles is 1. The van der Waals surface area contributed by atoms with Gasteiger partial charge < -0.3 is 19.9 Å². The number of carbonyl (C=O) groups is 1. The molecule has 1 aliphatic rings. The molecule has 6 heteroatoms. The number of benzene rings is 3. The molecule has 0 aliphatic carbocycles. The van der Waals surface area contributed by atoms with Gasteiger partial charge in [0.1, 0.15) is 28.9 Å². The third-order valence-electron chi connectivity index (χ3n) is 5.07. The van der Waals surface area contributed by atoms with Crippen LogP contribution in [0.2, 0.25) is 0 Å². The van der Waals surface area contributed by atoms with Crippen molar-refractivity contribution in [3.63, 3.8) is 0 Å². The monoisotopic (exact) mass is 426 g/mol. The largest absolute Gasteiger partial charge is 0.494 e. The number of hydrogen-bond acceptors (Lipinski definition) is 6. The number of carbonyl (C=O) groups excluding carboxylic acids is 1. The summed E-state index contributed by atoms with van der Waals surface area (Å²) in [5.74, 6) is 0.611. The van der Waals surface area contributed by atoms with Gasteiger partial charge in [0.05, 0.1) is 18.1 Å². The Balaban J connectivity index is 1.68. The molecule has 0 radical (unpaired) electrons. The molecule has 1 unspecified atom stereocenters.